The van der Waals surface area contributed by atoms with Crippen molar-refractivity contribution in [1.29, 1.82) is 0 Å². The maximum Gasteiger partial charge on any atom is 0.255 e. The molecule has 0 radical (unpaired) electrons. The molecule has 0 aliphatic carbocycles. The average molecular weight is 331 g/mol. The first-order valence-corrected chi connectivity index (χ1v) is 8.68. The van der Waals surface area contributed by atoms with E-state index < -0.39 is 0 Å². The second-order valence-electron chi connectivity index (χ2n) is 6.31. The maximum absolute atomic E-state index is 12.0. The molecular weight excluding hydrogens is 310 g/mol. The van der Waals surface area contributed by atoms with Crippen molar-refractivity contribution in [3.05, 3.63) is 82.4 Å². The van der Waals surface area contributed by atoms with Gasteiger partial charge in [-0.3, -0.25) is 4.79 Å². The lowest BCUT2D eigenvalue weighted by Gasteiger charge is -2.06. The molecule has 0 unspecified atom stereocenters. The molecule has 0 aliphatic heterocycles. The van der Waals surface area contributed by atoms with Crippen LogP contribution in [-0.2, 0) is 12.8 Å². The minimum Gasteiger partial charge on any atom is -0.361 e. The van der Waals surface area contributed by atoms with Gasteiger partial charge in [-0.15, -0.1) is 0 Å². The topological polar surface area (TPSA) is 60.7 Å². The molecule has 126 valence electrons. The van der Waals surface area contributed by atoms with Crippen LogP contribution in [0.1, 0.15) is 11.1 Å². The highest BCUT2D eigenvalue weighted by molar-refractivity contribution is 6.07. The minimum absolute atomic E-state index is 0.0347. The summed E-state index contributed by atoms with van der Waals surface area (Å²) >= 11 is 0. The summed E-state index contributed by atoms with van der Waals surface area (Å²) in [4.78, 5) is 18.1. The molecule has 2 aromatic carbocycles. The third-order valence-corrected chi connectivity index (χ3v) is 4.68. The van der Waals surface area contributed by atoms with Crippen molar-refractivity contribution in [2.24, 2.45) is 0 Å². The first-order chi connectivity index (χ1) is 12.3. The highest BCUT2D eigenvalue weighted by atomic mass is 16.1. The zero-order chi connectivity index (χ0) is 17.1. The fourth-order valence-corrected chi connectivity index (χ4v) is 3.39. The summed E-state index contributed by atoms with van der Waals surface area (Å²) in [6.07, 6.45) is 5.75. The van der Waals surface area contributed by atoms with E-state index >= 15 is 0 Å². The first kappa shape index (κ1) is 15.7. The summed E-state index contributed by atoms with van der Waals surface area (Å²) in [7, 11) is 0. The van der Waals surface area contributed by atoms with Crippen molar-refractivity contribution >= 4 is 21.7 Å². The molecule has 0 bridgehead atoms. The van der Waals surface area contributed by atoms with Crippen LogP contribution in [0, 0.1) is 0 Å². The second kappa shape index (κ2) is 6.95. The Morgan fingerprint density at radius 2 is 1.68 bits per heavy atom. The Hall–Kier alpha value is -2.85. The lowest BCUT2D eigenvalue weighted by Crippen LogP contribution is -2.20. The predicted octanol–water partition coefficient (Wildman–Crippen LogP) is 3.38. The van der Waals surface area contributed by atoms with Crippen molar-refractivity contribution in [3.8, 4) is 0 Å². The van der Waals surface area contributed by atoms with Gasteiger partial charge in [-0.1, -0.05) is 30.3 Å². The lowest BCUT2D eigenvalue weighted by atomic mass is 10.0. The van der Waals surface area contributed by atoms with Crippen molar-refractivity contribution in [3.63, 3.8) is 0 Å². The molecule has 2 heterocycles. The summed E-state index contributed by atoms with van der Waals surface area (Å²) in [5.74, 6) is 0. The number of fused-ring (bicyclic) bond motifs is 3. The van der Waals surface area contributed by atoms with Crippen LogP contribution >= 0.6 is 0 Å². The zero-order valence-electron chi connectivity index (χ0n) is 14.0. The van der Waals surface area contributed by atoms with E-state index in [1.54, 1.807) is 6.20 Å². The number of rotatable bonds is 6. The van der Waals surface area contributed by atoms with E-state index in [2.05, 4.69) is 45.7 Å². The zero-order valence-corrected chi connectivity index (χ0v) is 14.0. The molecule has 2 aromatic heterocycles. The van der Waals surface area contributed by atoms with Crippen molar-refractivity contribution < 1.29 is 0 Å². The van der Waals surface area contributed by atoms with E-state index in [-0.39, 0.29) is 5.56 Å². The Kier molecular flexibility index (Phi) is 4.36. The van der Waals surface area contributed by atoms with Crippen molar-refractivity contribution in [2.75, 3.05) is 13.1 Å². The molecule has 4 heteroatoms. The molecule has 0 spiro atoms. The molecule has 0 aliphatic rings. The number of pyridine rings is 1. The Labute approximate surface area is 145 Å². The van der Waals surface area contributed by atoms with Gasteiger partial charge in [-0.25, -0.2) is 0 Å². The van der Waals surface area contributed by atoms with Crippen LogP contribution in [-0.4, -0.2) is 23.1 Å². The van der Waals surface area contributed by atoms with Gasteiger partial charge < -0.3 is 15.3 Å². The Morgan fingerprint density at radius 3 is 2.56 bits per heavy atom. The van der Waals surface area contributed by atoms with Gasteiger partial charge in [-0.2, -0.15) is 0 Å². The van der Waals surface area contributed by atoms with Crippen molar-refractivity contribution in [2.45, 2.75) is 12.8 Å². The van der Waals surface area contributed by atoms with Gasteiger partial charge in [0.05, 0.1) is 0 Å². The quantitative estimate of drug-likeness (QED) is 0.474. The van der Waals surface area contributed by atoms with Crippen LogP contribution in [0.2, 0.25) is 0 Å². The molecule has 4 nitrogen and oxygen atoms in total. The molecule has 0 amide bonds. The largest absolute Gasteiger partial charge is 0.361 e. The van der Waals surface area contributed by atoms with Gasteiger partial charge in [0, 0.05) is 28.7 Å². The Bertz CT molecular complexity index is 1050. The van der Waals surface area contributed by atoms with Crippen LogP contribution in [0.4, 0.5) is 0 Å². The number of nitrogens with one attached hydrogen (secondary N) is 3. The van der Waals surface area contributed by atoms with E-state index in [0.29, 0.717) is 0 Å². The smallest absolute Gasteiger partial charge is 0.255 e. The average Bonchev–Trinajstić information content (AvgIpc) is 3.06. The normalized spacial score (nSPS) is 11.4. The summed E-state index contributed by atoms with van der Waals surface area (Å²) < 4.78 is 0. The van der Waals surface area contributed by atoms with E-state index in [1.807, 2.05) is 24.3 Å². The molecule has 0 atom stereocenters. The third kappa shape index (κ3) is 3.21. The first-order valence-electron chi connectivity index (χ1n) is 8.68. The highest BCUT2D eigenvalue weighted by Crippen LogP contribution is 2.26. The van der Waals surface area contributed by atoms with Gasteiger partial charge in [-0.05, 0) is 60.6 Å². The predicted molar refractivity (Wildman–Crippen MR) is 103 cm³/mol. The van der Waals surface area contributed by atoms with E-state index in [9.17, 15) is 4.79 Å². The number of aromatic amines is 2. The SMILES string of the molecule is O=c1[nH]ccc2c1ccc1[nH]cc(CCNCCc3ccccc3)c12. The maximum atomic E-state index is 12.0. The highest BCUT2D eigenvalue weighted by Gasteiger charge is 2.09. The standard InChI is InChI=1S/C21H21N3O/c25-21-18-6-7-19-20(17(18)10-13-23-21)16(14-24-19)9-12-22-11-8-15-4-2-1-3-5-15/h1-7,10,13-14,22,24H,8-9,11-12H2,(H,23,25). The molecule has 4 aromatic rings. The molecular formula is C21H21N3O. The summed E-state index contributed by atoms with van der Waals surface area (Å²) in [6.45, 7) is 1.88. The van der Waals surface area contributed by atoms with E-state index in [1.165, 1.54) is 11.1 Å². The fraction of sp³-hybridized carbons (Fsp3) is 0.190. The van der Waals surface area contributed by atoms with Gasteiger partial charge in [0.2, 0.25) is 0 Å². The lowest BCUT2D eigenvalue weighted by molar-refractivity contribution is 0.683. The molecule has 0 saturated heterocycles. The summed E-state index contributed by atoms with van der Waals surface area (Å²) in [6, 6.07) is 16.4. The van der Waals surface area contributed by atoms with Gasteiger partial charge >= 0.3 is 0 Å². The monoisotopic (exact) mass is 331 g/mol. The third-order valence-electron chi connectivity index (χ3n) is 4.68. The molecule has 0 fully saturated rings. The fourth-order valence-electron chi connectivity index (χ4n) is 3.39. The Balaban J connectivity index is 1.47. The minimum atomic E-state index is -0.0347. The molecule has 4 rings (SSSR count). The van der Waals surface area contributed by atoms with Crippen LogP contribution in [0.3, 0.4) is 0 Å². The molecule has 25 heavy (non-hydrogen) atoms. The van der Waals surface area contributed by atoms with Crippen LogP contribution in [0.25, 0.3) is 21.7 Å². The Morgan fingerprint density at radius 1 is 0.840 bits per heavy atom. The number of benzene rings is 2. The van der Waals surface area contributed by atoms with Crippen LogP contribution in [0.15, 0.2) is 65.7 Å². The summed E-state index contributed by atoms with van der Waals surface area (Å²) in [5, 5.41) is 6.43. The summed E-state index contributed by atoms with van der Waals surface area (Å²) in [5.41, 5.74) is 3.65. The molecule has 3 N–H and O–H groups in total. The van der Waals surface area contributed by atoms with Gasteiger partial charge in [0.25, 0.3) is 5.56 Å². The van der Waals surface area contributed by atoms with E-state index in [0.717, 1.165) is 47.6 Å². The number of aromatic nitrogens is 2. The number of hydrogen-bond acceptors (Lipinski definition) is 2. The van der Waals surface area contributed by atoms with E-state index in [4.69, 9.17) is 0 Å². The number of H-pyrrole nitrogens is 2. The van der Waals surface area contributed by atoms with Crippen LogP contribution < -0.4 is 10.9 Å². The van der Waals surface area contributed by atoms with Gasteiger partial charge in [0.15, 0.2) is 0 Å². The molecule has 0 saturated carbocycles. The number of hydrogen-bond donors (Lipinski definition) is 3. The van der Waals surface area contributed by atoms with Gasteiger partial charge in [0.1, 0.15) is 0 Å². The second-order valence-corrected chi connectivity index (χ2v) is 6.31. The van der Waals surface area contributed by atoms with Crippen LogP contribution in [0.5, 0.6) is 0 Å². The van der Waals surface area contributed by atoms with Crippen molar-refractivity contribution in [1.82, 2.24) is 15.3 Å².